The number of nitrogens with zero attached hydrogens (tertiary/aromatic N) is 1. The molecule has 1 amide bonds. The van der Waals surface area contributed by atoms with Crippen molar-refractivity contribution in [1.82, 2.24) is 10.2 Å². The summed E-state index contributed by atoms with van der Waals surface area (Å²) in [7, 11) is 0. The Labute approximate surface area is 291 Å². The summed E-state index contributed by atoms with van der Waals surface area (Å²) in [5.41, 5.74) is 9.90. The van der Waals surface area contributed by atoms with Crippen molar-refractivity contribution in [3.63, 3.8) is 0 Å². The summed E-state index contributed by atoms with van der Waals surface area (Å²) in [6.45, 7) is 9.06. The second-order valence-electron chi connectivity index (χ2n) is 12.8. The highest BCUT2D eigenvalue weighted by Crippen LogP contribution is 2.27. The van der Waals surface area contributed by atoms with Crippen LogP contribution in [0.1, 0.15) is 44.7 Å². The van der Waals surface area contributed by atoms with Crippen molar-refractivity contribution in [3.05, 3.63) is 132 Å². The Bertz CT molecular complexity index is 1740. The predicted octanol–water partition coefficient (Wildman–Crippen LogP) is 9.74. The molecule has 9 heteroatoms. The number of ether oxygens (including phenoxy) is 1. The SMILES string of the molecule is C1=C(c2ccc(-c3ccccc3)cc2)CCNC1.CC(C)(C)OC(=O)N1CC=C(c2ccc(-c3ccccc3)cc2)CC1.O=C(O)C(F)(F)F. The van der Waals surface area contributed by atoms with Crippen LogP contribution in [-0.2, 0) is 9.53 Å². The fourth-order valence-corrected chi connectivity index (χ4v) is 5.32. The quantitative estimate of drug-likeness (QED) is 0.224. The average Bonchev–Trinajstić information content (AvgIpc) is 3.12. The molecular formula is C41H43F3N2O4. The summed E-state index contributed by atoms with van der Waals surface area (Å²) >= 11 is 0. The van der Waals surface area contributed by atoms with Gasteiger partial charge in [-0.3, -0.25) is 0 Å². The van der Waals surface area contributed by atoms with E-state index in [2.05, 4.69) is 121 Å². The standard InChI is InChI=1S/C22H25NO2.C17H17N.C2HF3O2/c1-22(2,3)25-21(24)23-15-13-20(14-16-23)19-11-9-18(10-12-19)17-7-5-4-6-8-17;1-2-4-14(5-3-1)15-6-8-16(9-7-15)17-10-12-18-13-11-17;3-2(4,5)1(6)7/h4-13H,14-16H2,1-3H3;1-10,18H,11-13H2;(H,6,7). The molecule has 4 aromatic carbocycles. The van der Waals surface area contributed by atoms with Crippen molar-refractivity contribution >= 4 is 23.2 Å². The summed E-state index contributed by atoms with van der Waals surface area (Å²) < 4.78 is 37.2. The number of carboxylic acids is 1. The fraction of sp³-hybridized carbons (Fsp3) is 0.268. The van der Waals surface area contributed by atoms with Crippen LogP contribution in [0.25, 0.3) is 33.4 Å². The van der Waals surface area contributed by atoms with Crippen LogP contribution in [0.4, 0.5) is 18.0 Å². The monoisotopic (exact) mass is 684 g/mol. The van der Waals surface area contributed by atoms with Crippen molar-refractivity contribution < 1.29 is 32.6 Å². The highest BCUT2D eigenvalue weighted by molar-refractivity contribution is 5.75. The van der Waals surface area contributed by atoms with Gasteiger partial charge in [-0.05, 0) is 84.7 Å². The molecular weight excluding hydrogens is 641 g/mol. The molecule has 2 heterocycles. The molecule has 0 atom stereocenters. The molecule has 0 saturated heterocycles. The summed E-state index contributed by atoms with van der Waals surface area (Å²) in [4.78, 5) is 22.8. The van der Waals surface area contributed by atoms with E-state index in [0.29, 0.717) is 13.1 Å². The second kappa shape index (κ2) is 17.5. The van der Waals surface area contributed by atoms with Crippen LogP contribution in [0.15, 0.2) is 121 Å². The topological polar surface area (TPSA) is 78.9 Å². The lowest BCUT2D eigenvalue weighted by Crippen LogP contribution is -2.39. The van der Waals surface area contributed by atoms with Crippen molar-refractivity contribution in [1.29, 1.82) is 0 Å². The first-order valence-corrected chi connectivity index (χ1v) is 16.5. The number of aliphatic carboxylic acids is 1. The van der Waals surface area contributed by atoms with Crippen LogP contribution in [0.3, 0.4) is 0 Å². The number of hydrogen-bond donors (Lipinski definition) is 2. The molecule has 0 fully saturated rings. The van der Waals surface area contributed by atoms with Crippen LogP contribution in [-0.4, -0.2) is 60.0 Å². The second-order valence-corrected chi connectivity index (χ2v) is 12.8. The average molecular weight is 685 g/mol. The van der Waals surface area contributed by atoms with E-state index in [4.69, 9.17) is 14.6 Å². The highest BCUT2D eigenvalue weighted by atomic mass is 19.4. The van der Waals surface area contributed by atoms with Gasteiger partial charge in [-0.15, -0.1) is 0 Å². The molecule has 0 unspecified atom stereocenters. The van der Waals surface area contributed by atoms with Gasteiger partial charge in [0.15, 0.2) is 0 Å². The normalized spacial score (nSPS) is 14.5. The van der Waals surface area contributed by atoms with E-state index in [1.165, 1.54) is 44.5 Å². The molecule has 50 heavy (non-hydrogen) atoms. The molecule has 6 rings (SSSR count). The summed E-state index contributed by atoms with van der Waals surface area (Å²) in [6, 6.07) is 38.4. The van der Waals surface area contributed by atoms with Crippen LogP contribution < -0.4 is 5.32 Å². The van der Waals surface area contributed by atoms with Gasteiger partial charge in [0.2, 0.25) is 0 Å². The van der Waals surface area contributed by atoms with Crippen LogP contribution in [0.2, 0.25) is 0 Å². The molecule has 2 aliphatic heterocycles. The number of nitrogens with one attached hydrogen (secondary N) is 1. The van der Waals surface area contributed by atoms with Crippen molar-refractivity contribution in [2.75, 3.05) is 26.2 Å². The van der Waals surface area contributed by atoms with Crippen molar-refractivity contribution in [2.45, 2.75) is 45.4 Å². The van der Waals surface area contributed by atoms with Gasteiger partial charge in [-0.1, -0.05) is 121 Å². The van der Waals surface area contributed by atoms with Gasteiger partial charge in [0.05, 0.1) is 0 Å². The highest BCUT2D eigenvalue weighted by Gasteiger charge is 2.38. The maximum Gasteiger partial charge on any atom is 0.490 e. The Balaban J connectivity index is 0.000000196. The molecule has 2 aliphatic rings. The zero-order valence-electron chi connectivity index (χ0n) is 28.5. The molecule has 262 valence electrons. The number of hydrogen-bond acceptors (Lipinski definition) is 4. The molecule has 0 radical (unpaired) electrons. The Hall–Kier alpha value is -5.15. The zero-order chi connectivity index (χ0) is 36.1. The minimum absolute atomic E-state index is 0.234. The molecule has 0 spiro atoms. The molecule has 0 saturated carbocycles. The zero-order valence-corrected chi connectivity index (χ0v) is 28.5. The number of benzene rings is 4. The third-order valence-electron chi connectivity index (χ3n) is 7.89. The number of amides is 1. The lowest BCUT2D eigenvalue weighted by molar-refractivity contribution is -0.192. The van der Waals surface area contributed by atoms with E-state index in [1.54, 1.807) is 4.90 Å². The maximum atomic E-state index is 12.1. The minimum Gasteiger partial charge on any atom is -0.475 e. The minimum atomic E-state index is -5.08. The number of carboxylic acid groups (broad SMARTS) is 1. The van der Waals surface area contributed by atoms with E-state index in [0.717, 1.165) is 25.9 Å². The van der Waals surface area contributed by atoms with Crippen molar-refractivity contribution in [2.24, 2.45) is 0 Å². The third-order valence-corrected chi connectivity index (χ3v) is 7.89. The first kappa shape index (κ1) is 37.7. The fourth-order valence-electron chi connectivity index (χ4n) is 5.32. The van der Waals surface area contributed by atoms with Crippen LogP contribution in [0.5, 0.6) is 0 Å². The number of halogens is 3. The molecule has 4 aromatic rings. The first-order chi connectivity index (χ1) is 23.8. The van der Waals surface area contributed by atoms with Crippen LogP contribution >= 0.6 is 0 Å². The summed E-state index contributed by atoms with van der Waals surface area (Å²) in [5, 5.41) is 10.5. The number of carbonyl (C=O) groups excluding carboxylic acids is 1. The third kappa shape index (κ3) is 11.8. The Morgan fingerprint density at radius 3 is 1.44 bits per heavy atom. The van der Waals surface area contributed by atoms with E-state index < -0.39 is 17.7 Å². The smallest absolute Gasteiger partial charge is 0.475 e. The van der Waals surface area contributed by atoms with E-state index in [-0.39, 0.29) is 6.09 Å². The van der Waals surface area contributed by atoms with E-state index >= 15 is 0 Å². The van der Waals surface area contributed by atoms with Gasteiger partial charge >= 0.3 is 18.2 Å². The lowest BCUT2D eigenvalue weighted by Gasteiger charge is -2.29. The van der Waals surface area contributed by atoms with Gasteiger partial charge in [0.25, 0.3) is 0 Å². The van der Waals surface area contributed by atoms with Gasteiger partial charge in [-0.2, -0.15) is 13.2 Å². The number of alkyl halides is 3. The molecule has 0 bridgehead atoms. The van der Waals surface area contributed by atoms with Gasteiger partial charge < -0.3 is 20.1 Å². The Morgan fingerprint density at radius 2 is 1.08 bits per heavy atom. The molecule has 6 nitrogen and oxygen atoms in total. The van der Waals surface area contributed by atoms with Crippen LogP contribution in [0, 0.1) is 0 Å². The molecule has 2 N–H and O–H groups in total. The lowest BCUT2D eigenvalue weighted by atomic mass is 9.97. The Morgan fingerprint density at radius 1 is 0.660 bits per heavy atom. The van der Waals surface area contributed by atoms with Gasteiger partial charge in [-0.25, -0.2) is 9.59 Å². The number of rotatable bonds is 4. The molecule has 0 aliphatic carbocycles. The van der Waals surface area contributed by atoms with Gasteiger partial charge in [0, 0.05) is 19.6 Å². The predicted molar refractivity (Wildman–Crippen MR) is 193 cm³/mol. The van der Waals surface area contributed by atoms with Crippen molar-refractivity contribution in [3.8, 4) is 22.3 Å². The molecule has 0 aromatic heterocycles. The number of carbonyl (C=O) groups is 2. The van der Waals surface area contributed by atoms with E-state index in [1.807, 2.05) is 26.8 Å². The van der Waals surface area contributed by atoms with Gasteiger partial charge in [0.1, 0.15) is 5.60 Å². The van der Waals surface area contributed by atoms with E-state index in [9.17, 15) is 18.0 Å². The Kier molecular flexibility index (Phi) is 13.2. The summed E-state index contributed by atoms with van der Waals surface area (Å²) in [5.74, 6) is -2.76. The summed E-state index contributed by atoms with van der Waals surface area (Å²) in [6.07, 6.45) is 1.09. The first-order valence-electron chi connectivity index (χ1n) is 16.5. The maximum absolute atomic E-state index is 12.1. The largest absolute Gasteiger partial charge is 0.490 e.